The van der Waals surface area contributed by atoms with Crippen LogP contribution in [0.3, 0.4) is 0 Å². The number of alkyl halides is 8. The van der Waals surface area contributed by atoms with E-state index in [1.807, 2.05) is 0 Å². The monoisotopic (exact) mass is 580 g/mol. The van der Waals surface area contributed by atoms with E-state index in [0.29, 0.717) is 25.7 Å². The number of esters is 2. The molecule has 7 nitrogen and oxygen atoms in total. The van der Waals surface area contributed by atoms with E-state index < -0.39 is 64.7 Å². The zero-order chi connectivity index (χ0) is 28.9. The molecule has 0 saturated heterocycles. The first-order valence-corrected chi connectivity index (χ1v) is 13.2. The van der Waals surface area contributed by atoms with Gasteiger partial charge in [0.15, 0.2) is 0 Å². The zero-order valence-electron chi connectivity index (χ0n) is 20.2. The number of halogens is 8. The van der Waals surface area contributed by atoms with E-state index in [1.165, 1.54) is 0 Å². The standard InChI is InChI=1S/C21H32F8O7S/c1-19(22,23)18(21(27,28)29)36-17(31)13-11-9-7-5-3-2-4-6-8-10-12-16(30)35-15(20(24,25)26)14-37(32,33)34/h15,18H,2-14H2,1H3,(H,32,33,34). The molecule has 0 heterocycles. The number of unbranched alkanes of at least 4 members (excludes halogenated alkanes) is 9. The van der Waals surface area contributed by atoms with Crippen molar-refractivity contribution in [3.63, 3.8) is 0 Å². The lowest BCUT2D eigenvalue weighted by Gasteiger charge is -2.25. The fraction of sp³-hybridized carbons (Fsp3) is 0.905. The van der Waals surface area contributed by atoms with Gasteiger partial charge in [-0.2, -0.15) is 34.8 Å². The Morgan fingerprint density at radius 3 is 1.32 bits per heavy atom. The third kappa shape index (κ3) is 18.2. The van der Waals surface area contributed by atoms with Gasteiger partial charge in [-0.05, 0) is 12.8 Å². The summed E-state index contributed by atoms with van der Waals surface area (Å²) < 4.78 is 140. The lowest BCUT2D eigenvalue weighted by Crippen LogP contribution is -2.46. The Kier molecular flexibility index (Phi) is 14.9. The molecule has 0 spiro atoms. The van der Waals surface area contributed by atoms with E-state index in [-0.39, 0.29) is 26.2 Å². The predicted octanol–water partition coefficient (Wildman–Crippen LogP) is 6.16. The number of hydrogen-bond donors (Lipinski definition) is 1. The van der Waals surface area contributed by atoms with E-state index in [0.717, 1.165) is 25.7 Å². The van der Waals surface area contributed by atoms with Crippen LogP contribution >= 0.6 is 0 Å². The first-order chi connectivity index (χ1) is 16.7. The van der Waals surface area contributed by atoms with Crippen molar-refractivity contribution in [1.29, 1.82) is 0 Å². The topological polar surface area (TPSA) is 107 Å². The first-order valence-electron chi connectivity index (χ1n) is 11.6. The molecule has 0 aliphatic heterocycles. The molecule has 1 N–H and O–H groups in total. The quantitative estimate of drug-likeness (QED) is 0.0896. The largest absolute Gasteiger partial charge is 0.451 e. The molecule has 0 aromatic rings. The van der Waals surface area contributed by atoms with Gasteiger partial charge in [-0.15, -0.1) is 0 Å². The Morgan fingerprint density at radius 2 is 1.03 bits per heavy atom. The van der Waals surface area contributed by atoms with Gasteiger partial charge >= 0.3 is 24.3 Å². The third-order valence-electron chi connectivity index (χ3n) is 5.02. The molecule has 0 aromatic carbocycles. The molecule has 220 valence electrons. The second-order valence-corrected chi connectivity index (χ2v) is 10.2. The molecule has 2 unspecified atom stereocenters. The van der Waals surface area contributed by atoms with Crippen LogP contribution in [-0.4, -0.2) is 61.1 Å². The SMILES string of the molecule is CC(F)(F)C(OC(=O)CCCCCCCCCCCCC(=O)OC(CS(=O)(=O)O)C(F)(F)F)C(F)(F)F. The molecule has 0 bridgehead atoms. The van der Waals surface area contributed by atoms with Gasteiger partial charge in [0.25, 0.3) is 22.1 Å². The summed E-state index contributed by atoms with van der Waals surface area (Å²) in [6, 6.07) is 0. The minimum Gasteiger partial charge on any atom is -0.451 e. The molecule has 0 saturated carbocycles. The average molecular weight is 581 g/mol. The summed E-state index contributed by atoms with van der Waals surface area (Å²) in [6.45, 7) is 0.0240. The lowest BCUT2D eigenvalue weighted by atomic mass is 10.1. The van der Waals surface area contributed by atoms with Crippen molar-refractivity contribution in [3.8, 4) is 0 Å². The second kappa shape index (κ2) is 15.6. The summed E-state index contributed by atoms with van der Waals surface area (Å²) in [4.78, 5) is 23.0. The van der Waals surface area contributed by atoms with Crippen LogP contribution in [0.5, 0.6) is 0 Å². The van der Waals surface area contributed by atoms with Crippen molar-refractivity contribution in [2.75, 3.05) is 5.75 Å². The van der Waals surface area contributed by atoms with E-state index in [4.69, 9.17) is 4.55 Å². The highest BCUT2D eigenvalue weighted by atomic mass is 32.2. The van der Waals surface area contributed by atoms with E-state index >= 15 is 0 Å². The summed E-state index contributed by atoms with van der Waals surface area (Å²) in [7, 11) is -5.00. The molecule has 37 heavy (non-hydrogen) atoms. The molecule has 16 heteroatoms. The van der Waals surface area contributed by atoms with Crippen LogP contribution in [0.15, 0.2) is 0 Å². The molecule has 2 atom stereocenters. The average Bonchev–Trinajstić information content (AvgIpc) is 2.69. The Balaban J connectivity index is 3.88. The maximum atomic E-state index is 13.0. The molecule has 0 aliphatic rings. The van der Waals surface area contributed by atoms with Gasteiger partial charge < -0.3 is 9.47 Å². The Morgan fingerprint density at radius 1 is 0.676 bits per heavy atom. The van der Waals surface area contributed by atoms with Crippen LogP contribution in [0.2, 0.25) is 0 Å². The van der Waals surface area contributed by atoms with Crippen LogP contribution in [0, 0.1) is 0 Å². The summed E-state index contributed by atoms with van der Waals surface area (Å²) in [5.41, 5.74) is 0. The van der Waals surface area contributed by atoms with Crippen LogP contribution in [0.4, 0.5) is 35.1 Å². The highest BCUT2D eigenvalue weighted by Crippen LogP contribution is 2.34. The molecule has 0 radical (unpaired) electrons. The molecule has 0 rings (SSSR count). The van der Waals surface area contributed by atoms with Crippen LogP contribution in [0.1, 0.15) is 84.0 Å². The smallest absolute Gasteiger partial charge is 0.431 e. The summed E-state index contributed by atoms with van der Waals surface area (Å²) in [6.07, 6.45) is -11.8. The second-order valence-electron chi connectivity index (χ2n) is 8.67. The van der Waals surface area contributed by atoms with Crippen molar-refractivity contribution >= 4 is 22.1 Å². The van der Waals surface area contributed by atoms with Gasteiger partial charge in [0.1, 0.15) is 5.75 Å². The lowest BCUT2D eigenvalue weighted by molar-refractivity contribution is -0.273. The zero-order valence-corrected chi connectivity index (χ0v) is 21.0. The minimum absolute atomic E-state index is 0.0240. The van der Waals surface area contributed by atoms with Crippen molar-refractivity contribution in [2.24, 2.45) is 0 Å². The predicted molar refractivity (Wildman–Crippen MR) is 114 cm³/mol. The van der Waals surface area contributed by atoms with Gasteiger partial charge in [-0.25, -0.2) is 8.78 Å². The van der Waals surface area contributed by atoms with Crippen LogP contribution in [0.25, 0.3) is 0 Å². The third-order valence-corrected chi connectivity index (χ3v) is 5.74. The molecule has 0 amide bonds. The number of hydrogen-bond acceptors (Lipinski definition) is 6. The molecular formula is C21H32F8O7S. The number of ether oxygens (including phenoxy) is 2. The maximum absolute atomic E-state index is 13.0. The first kappa shape index (κ1) is 35.3. The Bertz CT molecular complexity index is 778. The highest BCUT2D eigenvalue weighted by molar-refractivity contribution is 7.85. The summed E-state index contributed by atoms with van der Waals surface area (Å²) >= 11 is 0. The van der Waals surface area contributed by atoms with Gasteiger partial charge in [0, 0.05) is 19.8 Å². The maximum Gasteiger partial charge on any atom is 0.431 e. The Hall–Kier alpha value is -1.71. The number of carbonyl (C=O) groups is 2. The Labute approximate surface area is 210 Å². The van der Waals surface area contributed by atoms with Crippen molar-refractivity contribution in [2.45, 2.75) is 114 Å². The normalized spacial score (nSPS) is 14.8. The van der Waals surface area contributed by atoms with Gasteiger partial charge in [-0.1, -0.05) is 51.4 Å². The van der Waals surface area contributed by atoms with Gasteiger partial charge in [0.2, 0.25) is 6.10 Å². The van der Waals surface area contributed by atoms with Crippen molar-refractivity contribution in [3.05, 3.63) is 0 Å². The fourth-order valence-electron chi connectivity index (χ4n) is 3.21. The van der Waals surface area contributed by atoms with E-state index in [2.05, 4.69) is 9.47 Å². The van der Waals surface area contributed by atoms with Gasteiger partial charge in [-0.3, -0.25) is 14.1 Å². The minimum atomic E-state index is -5.38. The van der Waals surface area contributed by atoms with E-state index in [1.54, 1.807) is 0 Å². The van der Waals surface area contributed by atoms with E-state index in [9.17, 15) is 53.1 Å². The number of carbonyl (C=O) groups excluding carboxylic acids is 2. The number of rotatable bonds is 18. The summed E-state index contributed by atoms with van der Waals surface area (Å²) in [5, 5.41) is 0. The highest BCUT2D eigenvalue weighted by Gasteiger charge is 2.56. The van der Waals surface area contributed by atoms with Crippen molar-refractivity contribution in [1.82, 2.24) is 0 Å². The fourth-order valence-corrected chi connectivity index (χ4v) is 3.84. The molecular weight excluding hydrogens is 548 g/mol. The van der Waals surface area contributed by atoms with Gasteiger partial charge in [0.05, 0.1) is 0 Å². The molecule has 0 aliphatic carbocycles. The van der Waals surface area contributed by atoms with Crippen LogP contribution in [-0.2, 0) is 29.2 Å². The molecule has 0 fully saturated rings. The summed E-state index contributed by atoms with van der Waals surface area (Å²) in [5.74, 6) is -8.60. The molecule has 0 aromatic heterocycles. The van der Waals surface area contributed by atoms with Crippen LogP contribution < -0.4 is 0 Å². The van der Waals surface area contributed by atoms with Crippen molar-refractivity contribution < 1.29 is 67.2 Å².